The van der Waals surface area contributed by atoms with Crippen LogP contribution in [0.5, 0.6) is 0 Å². The molecule has 2 amide bonds. The fourth-order valence-corrected chi connectivity index (χ4v) is 4.02. The molecule has 0 aliphatic carbocycles. The van der Waals surface area contributed by atoms with Crippen LogP contribution in [0.2, 0.25) is 0 Å². The van der Waals surface area contributed by atoms with E-state index in [2.05, 4.69) is 32.3 Å². The topological polar surface area (TPSA) is 81.7 Å². The summed E-state index contributed by atoms with van der Waals surface area (Å²) in [6, 6.07) is 6.24. The number of nitrogens with one attached hydrogen (secondary N) is 1. The lowest BCUT2D eigenvalue weighted by molar-refractivity contribution is -0.140. The number of benzene rings is 1. The van der Waals surface area contributed by atoms with Crippen LogP contribution in [0.4, 0.5) is 11.5 Å². The number of nitrogens with zero attached hydrogens (tertiary/aromatic N) is 5. The van der Waals surface area contributed by atoms with Crippen LogP contribution in [0.15, 0.2) is 24.5 Å². The number of hydrogen-bond donors (Lipinski definition) is 1. The second-order valence-corrected chi connectivity index (χ2v) is 7.65. The van der Waals surface area contributed by atoms with Crippen molar-refractivity contribution in [3.05, 3.63) is 24.5 Å². The molecule has 1 N–H and O–H groups in total. The molecule has 2 aliphatic heterocycles. The molecule has 2 fully saturated rings. The van der Waals surface area contributed by atoms with E-state index < -0.39 is 0 Å². The van der Waals surface area contributed by atoms with E-state index in [-0.39, 0.29) is 17.7 Å². The van der Waals surface area contributed by atoms with Crippen molar-refractivity contribution in [1.29, 1.82) is 0 Å². The highest BCUT2D eigenvalue weighted by molar-refractivity contribution is 5.92. The Morgan fingerprint density at radius 3 is 2.68 bits per heavy atom. The smallest absolute Gasteiger partial charge is 0.226 e. The van der Waals surface area contributed by atoms with Gasteiger partial charge in [-0.2, -0.15) is 0 Å². The molecule has 8 nitrogen and oxygen atoms in total. The number of aromatic nitrogens is 2. The fourth-order valence-electron chi connectivity index (χ4n) is 4.02. The van der Waals surface area contributed by atoms with Gasteiger partial charge in [0.05, 0.1) is 5.52 Å². The van der Waals surface area contributed by atoms with Crippen molar-refractivity contribution in [2.45, 2.75) is 12.8 Å². The van der Waals surface area contributed by atoms with Crippen molar-refractivity contribution in [1.82, 2.24) is 20.2 Å². The van der Waals surface area contributed by atoms with E-state index >= 15 is 0 Å². The SMILES string of the molecule is CN(C)c1ncnc2ccc(N3CCN(C(=O)C4CCNC(=O)C4)CC3)cc12. The molecule has 4 rings (SSSR count). The van der Waals surface area contributed by atoms with Gasteiger partial charge in [0, 0.05) is 70.2 Å². The van der Waals surface area contributed by atoms with Crippen LogP contribution in [0.1, 0.15) is 12.8 Å². The maximum Gasteiger partial charge on any atom is 0.226 e. The number of hydrogen-bond acceptors (Lipinski definition) is 6. The summed E-state index contributed by atoms with van der Waals surface area (Å²) in [6.45, 7) is 3.52. The zero-order valence-corrected chi connectivity index (χ0v) is 16.4. The number of carbonyl (C=O) groups is 2. The van der Waals surface area contributed by atoms with Crippen LogP contribution < -0.4 is 15.1 Å². The summed E-state index contributed by atoms with van der Waals surface area (Å²) in [7, 11) is 3.95. The zero-order chi connectivity index (χ0) is 19.7. The summed E-state index contributed by atoms with van der Waals surface area (Å²) in [5, 5.41) is 3.82. The summed E-state index contributed by atoms with van der Waals surface area (Å²) < 4.78 is 0. The van der Waals surface area contributed by atoms with Crippen LogP contribution in [-0.4, -0.2) is 73.5 Å². The van der Waals surface area contributed by atoms with Gasteiger partial charge in [-0.25, -0.2) is 9.97 Å². The van der Waals surface area contributed by atoms with Gasteiger partial charge < -0.3 is 20.0 Å². The van der Waals surface area contributed by atoms with Gasteiger partial charge >= 0.3 is 0 Å². The average Bonchev–Trinajstić information content (AvgIpc) is 2.72. The Kier molecular flexibility index (Phi) is 5.02. The summed E-state index contributed by atoms with van der Waals surface area (Å²) in [5.41, 5.74) is 2.04. The highest BCUT2D eigenvalue weighted by Crippen LogP contribution is 2.27. The first-order chi connectivity index (χ1) is 13.5. The summed E-state index contributed by atoms with van der Waals surface area (Å²) >= 11 is 0. The van der Waals surface area contributed by atoms with Crippen molar-refractivity contribution in [2.75, 3.05) is 56.6 Å². The van der Waals surface area contributed by atoms with Gasteiger partial charge in [0.15, 0.2) is 0 Å². The third-order valence-electron chi connectivity index (χ3n) is 5.57. The van der Waals surface area contributed by atoms with Crippen LogP contribution in [-0.2, 0) is 9.59 Å². The Labute approximate surface area is 164 Å². The van der Waals surface area contributed by atoms with E-state index in [0.717, 1.165) is 41.9 Å². The Balaban J connectivity index is 1.45. The standard InChI is InChI=1S/C20H26N6O2/c1-24(2)19-16-12-15(3-4-17(16)22-13-23-19)25-7-9-26(10-8-25)20(28)14-5-6-21-18(27)11-14/h3-4,12-14H,5-11H2,1-2H3,(H,21,27). The molecule has 2 saturated heterocycles. The van der Waals surface area contributed by atoms with Crippen molar-refractivity contribution >= 4 is 34.2 Å². The zero-order valence-electron chi connectivity index (χ0n) is 16.4. The Morgan fingerprint density at radius 2 is 1.96 bits per heavy atom. The number of anilines is 2. The second-order valence-electron chi connectivity index (χ2n) is 7.65. The molecule has 0 bridgehead atoms. The predicted octanol–water partition coefficient (Wildman–Crippen LogP) is 0.871. The van der Waals surface area contributed by atoms with E-state index in [1.54, 1.807) is 6.33 Å². The molecule has 0 radical (unpaired) electrons. The van der Waals surface area contributed by atoms with Crippen molar-refractivity contribution in [3.63, 3.8) is 0 Å². The Morgan fingerprint density at radius 1 is 1.18 bits per heavy atom. The molecule has 1 unspecified atom stereocenters. The summed E-state index contributed by atoms with van der Waals surface area (Å²) in [5.74, 6) is 0.839. The molecule has 28 heavy (non-hydrogen) atoms. The average molecular weight is 382 g/mol. The van der Waals surface area contributed by atoms with Gasteiger partial charge in [0.25, 0.3) is 0 Å². The third kappa shape index (κ3) is 3.58. The second kappa shape index (κ2) is 7.61. The largest absolute Gasteiger partial charge is 0.368 e. The molecule has 148 valence electrons. The maximum atomic E-state index is 12.7. The highest BCUT2D eigenvalue weighted by atomic mass is 16.2. The van der Waals surface area contributed by atoms with E-state index in [0.29, 0.717) is 26.1 Å². The lowest BCUT2D eigenvalue weighted by atomic mass is 9.95. The fraction of sp³-hybridized carbons (Fsp3) is 0.500. The van der Waals surface area contributed by atoms with Crippen LogP contribution in [0.3, 0.4) is 0 Å². The lowest BCUT2D eigenvalue weighted by Gasteiger charge is -2.38. The minimum absolute atomic E-state index is 0.0154. The first kappa shape index (κ1) is 18.5. The molecule has 0 saturated carbocycles. The molecule has 1 aromatic heterocycles. The Hall–Kier alpha value is -2.90. The van der Waals surface area contributed by atoms with Gasteiger partial charge in [0.1, 0.15) is 12.1 Å². The monoisotopic (exact) mass is 382 g/mol. The molecule has 2 aliphatic rings. The first-order valence-corrected chi connectivity index (χ1v) is 9.75. The molecule has 2 aromatic rings. The lowest BCUT2D eigenvalue weighted by Crippen LogP contribution is -2.52. The van der Waals surface area contributed by atoms with Gasteiger partial charge in [-0.3, -0.25) is 9.59 Å². The first-order valence-electron chi connectivity index (χ1n) is 9.75. The number of piperazine rings is 1. The summed E-state index contributed by atoms with van der Waals surface area (Å²) in [4.78, 5) is 39.3. The van der Waals surface area contributed by atoms with Gasteiger partial charge in [-0.15, -0.1) is 0 Å². The molecule has 0 spiro atoms. The van der Waals surface area contributed by atoms with Crippen LogP contribution in [0, 0.1) is 5.92 Å². The minimum atomic E-state index is -0.166. The molecule has 1 aromatic carbocycles. The molecular weight excluding hydrogens is 356 g/mol. The number of fused-ring (bicyclic) bond motifs is 1. The third-order valence-corrected chi connectivity index (χ3v) is 5.57. The Bertz CT molecular complexity index is 891. The van der Waals surface area contributed by atoms with Gasteiger partial charge in [0.2, 0.25) is 11.8 Å². The molecular formula is C20H26N6O2. The van der Waals surface area contributed by atoms with Gasteiger partial charge in [-0.05, 0) is 24.6 Å². The van der Waals surface area contributed by atoms with E-state index in [9.17, 15) is 9.59 Å². The highest BCUT2D eigenvalue weighted by Gasteiger charge is 2.31. The maximum absolute atomic E-state index is 12.7. The van der Waals surface area contributed by atoms with Crippen molar-refractivity contribution in [3.8, 4) is 0 Å². The van der Waals surface area contributed by atoms with E-state index in [1.165, 1.54) is 0 Å². The van der Waals surface area contributed by atoms with E-state index in [1.807, 2.05) is 30.0 Å². The minimum Gasteiger partial charge on any atom is -0.368 e. The summed E-state index contributed by atoms with van der Waals surface area (Å²) in [6.07, 6.45) is 2.65. The van der Waals surface area contributed by atoms with Crippen LogP contribution in [0.25, 0.3) is 10.9 Å². The number of piperidine rings is 1. The number of amides is 2. The number of carbonyl (C=O) groups excluding carboxylic acids is 2. The van der Waals surface area contributed by atoms with Crippen molar-refractivity contribution < 1.29 is 9.59 Å². The molecule has 8 heteroatoms. The number of rotatable bonds is 3. The van der Waals surface area contributed by atoms with E-state index in [4.69, 9.17) is 0 Å². The molecule has 3 heterocycles. The van der Waals surface area contributed by atoms with Crippen LogP contribution >= 0.6 is 0 Å². The predicted molar refractivity (Wildman–Crippen MR) is 108 cm³/mol. The van der Waals surface area contributed by atoms with Gasteiger partial charge in [-0.1, -0.05) is 0 Å². The normalized spacial score (nSPS) is 20.2. The van der Waals surface area contributed by atoms with Crippen molar-refractivity contribution in [2.24, 2.45) is 5.92 Å². The quantitative estimate of drug-likeness (QED) is 0.848. The molecule has 1 atom stereocenters.